The van der Waals surface area contributed by atoms with Crippen molar-refractivity contribution in [2.24, 2.45) is 0 Å². The number of nitrogens with one attached hydrogen (secondary N) is 1. The lowest BCUT2D eigenvalue weighted by Crippen LogP contribution is -2.14. The predicted molar refractivity (Wildman–Crippen MR) is 101 cm³/mol. The van der Waals surface area contributed by atoms with Gasteiger partial charge < -0.3 is 9.88 Å². The number of aryl methyl sites for hydroxylation is 2. The van der Waals surface area contributed by atoms with Crippen molar-refractivity contribution in [3.05, 3.63) is 64.7 Å². The SMILES string of the molecule is CCn1c(C)cc(C(=O)Nc2c(C)nn(-c3ccccc3)c2C)c1C. The van der Waals surface area contributed by atoms with Gasteiger partial charge in [0, 0.05) is 17.9 Å². The smallest absolute Gasteiger partial charge is 0.257 e. The molecular weight excluding hydrogens is 312 g/mol. The van der Waals surface area contributed by atoms with E-state index in [4.69, 9.17) is 0 Å². The van der Waals surface area contributed by atoms with Crippen LogP contribution in [0.4, 0.5) is 5.69 Å². The molecule has 0 aliphatic heterocycles. The van der Waals surface area contributed by atoms with Crippen LogP contribution in [0.1, 0.15) is 40.1 Å². The molecule has 1 N–H and O–H groups in total. The summed E-state index contributed by atoms with van der Waals surface area (Å²) in [6, 6.07) is 11.9. The van der Waals surface area contributed by atoms with Crippen LogP contribution in [-0.4, -0.2) is 20.3 Å². The van der Waals surface area contributed by atoms with Gasteiger partial charge in [-0.25, -0.2) is 4.68 Å². The number of carbonyl (C=O) groups is 1. The summed E-state index contributed by atoms with van der Waals surface area (Å²) >= 11 is 0. The Labute approximate surface area is 148 Å². The molecule has 1 aromatic carbocycles. The summed E-state index contributed by atoms with van der Waals surface area (Å²) in [4.78, 5) is 12.8. The topological polar surface area (TPSA) is 51.9 Å². The van der Waals surface area contributed by atoms with Crippen LogP contribution in [0.3, 0.4) is 0 Å². The Hall–Kier alpha value is -2.82. The van der Waals surface area contributed by atoms with Crippen molar-refractivity contribution in [1.29, 1.82) is 0 Å². The summed E-state index contributed by atoms with van der Waals surface area (Å²) in [5.74, 6) is -0.0911. The van der Waals surface area contributed by atoms with Crippen molar-refractivity contribution in [3.63, 3.8) is 0 Å². The highest BCUT2D eigenvalue weighted by molar-refractivity contribution is 6.06. The molecule has 0 aliphatic rings. The van der Waals surface area contributed by atoms with Gasteiger partial charge in [-0.1, -0.05) is 18.2 Å². The minimum atomic E-state index is -0.0911. The van der Waals surface area contributed by atoms with Crippen LogP contribution in [-0.2, 0) is 6.54 Å². The van der Waals surface area contributed by atoms with E-state index >= 15 is 0 Å². The first kappa shape index (κ1) is 17.0. The molecule has 5 heteroatoms. The largest absolute Gasteiger partial charge is 0.349 e. The van der Waals surface area contributed by atoms with Crippen molar-refractivity contribution >= 4 is 11.6 Å². The lowest BCUT2D eigenvalue weighted by molar-refractivity contribution is 0.102. The number of carbonyl (C=O) groups excluding carboxylic acids is 1. The molecule has 0 saturated carbocycles. The second-order valence-electron chi connectivity index (χ2n) is 6.28. The first-order valence-electron chi connectivity index (χ1n) is 8.53. The maximum Gasteiger partial charge on any atom is 0.257 e. The van der Waals surface area contributed by atoms with Crippen molar-refractivity contribution in [2.45, 2.75) is 41.2 Å². The second-order valence-corrected chi connectivity index (χ2v) is 6.28. The van der Waals surface area contributed by atoms with E-state index in [1.807, 2.05) is 68.8 Å². The van der Waals surface area contributed by atoms with E-state index in [0.29, 0.717) is 5.56 Å². The molecule has 3 rings (SSSR count). The molecule has 0 bridgehead atoms. The van der Waals surface area contributed by atoms with Crippen molar-refractivity contribution in [3.8, 4) is 5.69 Å². The highest BCUT2D eigenvalue weighted by Crippen LogP contribution is 2.24. The lowest BCUT2D eigenvalue weighted by Gasteiger charge is -2.08. The van der Waals surface area contributed by atoms with E-state index in [0.717, 1.165) is 40.7 Å². The van der Waals surface area contributed by atoms with Gasteiger partial charge in [0.15, 0.2) is 0 Å². The highest BCUT2D eigenvalue weighted by atomic mass is 16.1. The number of rotatable bonds is 4. The molecular formula is C20H24N4O. The third-order valence-corrected chi connectivity index (χ3v) is 4.67. The van der Waals surface area contributed by atoms with Crippen LogP contribution >= 0.6 is 0 Å². The molecule has 0 unspecified atom stereocenters. The molecule has 0 radical (unpaired) electrons. The van der Waals surface area contributed by atoms with Gasteiger partial charge in [0.1, 0.15) is 0 Å². The zero-order chi connectivity index (χ0) is 18.1. The Balaban J connectivity index is 1.94. The van der Waals surface area contributed by atoms with Crippen molar-refractivity contribution < 1.29 is 4.79 Å². The van der Waals surface area contributed by atoms with Gasteiger partial charge >= 0.3 is 0 Å². The quantitative estimate of drug-likeness (QED) is 0.777. The number of anilines is 1. The molecule has 0 fully saturated rings. The molecule has 0 atom stereocenters. The zero-order valence-corrected chi connectivity index (χ0v) is 15.4. The maximum atomic E-state index is 12.8. The van der Waals surface area contributed by atoms with Gasteiger partial charge in [-0.2, -0.15) is 5.10 Å². The highest BCUT2D eigenvalue weighted by Gasteiger charge is 2.19. The number of hydrogen-bond acceptors (Lipinski definition) is 2. The van der Waals surface area contributed by atoms with Gasteiger partial charge in [-0.3, -0.25) is 4.79 Å². The second kappa shape index (κ2) is 6.59. The van der Waals surface area contributed by atoms with Gasteiger partial charge in [0.05, 0.1) is 28.3 Å². The van der Waals surface area contributed by atoms with E-state index in [2.05, 4.69) is 21.9 Å². The summed E-state index contributed by atoms with van der Waals surface area (Å²) in [7, 11) is 0. The van der Waals surface area contributed by atoms with E-state index in [1.54, 1.807) is 0 Å². The molecule has 2 aromatic heterocycles. The summed E-state index contributed by atoms with van der Waals surface area (Å²) in [5.41, 5.74) is 6.27. The Morgan fingerprint density at radius 2 is 1.76 bits per heavy atom. The summed E-state index contributed by atoms with van der Waals surface area (Å²) in [5, 5.41) is 7.64. The number of aromatic nitrogens is 3. The fourth-order valence-corrected chi connectivity index (χ4v) is 3.34. The fraction of sp³-hybridized carbons (Fsp3) is 0.300. The Morgan fingerprint density at radius 1 is 1.08 bits per heavy atom. The van der Waals surface area contributed by atoms with Gasteiger partial charge in [0.25, 0.3) is 5.91 Å². The van der Waals surface area contributed by atoms with E-state index < -0.39 is 0 Å². The first-order chi connectivity index (χ1) is 11.9. The summed E-state index contributed by atoms with van der Waals surface area (Å²) in [6.07, 6.45) is 0. The molecule has 25 heavy (non-hydrogen) atoms. The Morgan fingerprint density at radius 3 is 2.36 bits per heavy atom. The van der Waals surface area contributed by atoms with Crippen LogP contribution in [0.5, 0.6) is 0 Å². The van der Waals surface area contributed by atoms with Crippen LogP contribution < -0.4 is 5.32 Å². The van der Waals surface area contributed by atoms with E-state index in [1.165, 1.54) is 0 Å². The summed E-state index contributed by atoms with van der Waals surface area (Å²) < 4.78 is 4.00. The molecule has 3 aromatic rings. The summed E-state index contributed by atoms with van der Waals surface area (Å²) in [6.45, 7) is 10.8. The number of hydrogen-bond donors (Lipinski definition) is 1. The first-order valence-corrected chi connectivity index (χ1v) is 8.53. The maximum absolute atomic E-state index is 12.8. The fourth-order valence-electron chi connectivity index (χ4n) is 3.34. The van der Waals surface area contributed by atoms with Crippen molar-refractivity contribution in [1.82, 2.24) is 14.3 Å². The molecule has 2 heterocycles. The van der Waals surface area contributed by atoms with Crippen LogP contribution in [0.15, 0.2) is 36.4 Å². The van der Waals surface area contributed by atoms with E-state index in [-0.39, 0.29) is 5.91 Å². The number of amides is 1. The molecule has 130 valence electrons. The average molecular weight is 336 g/mol. The Bertz CT molecular complexity index is 919. The van der Waals surface area contributed by atoms with E-state index in [9.17, 15) is 4.79 Å². The third-order valence-electron chi connectivity index (χ3n) is 4.67. The molecule has 0 aliphatic carbocycles. The Kier molecular flexibility index (Phi) is 4.49. The average Bonchev–Trinajstić information content (AvgIpc) is 3.05. The van der Waals surface area contributed by atoms with Crippen LogP contribution in [0, 0.1) is 27.7 Å². The van der Waals surface area contributed by atoms with Gasteiger partial charge in [-0.15, -0.1) is 0 Å². The molecule has 0 spiro atoms. The number of nitrogens with zero attached hydrogens (tertiary/aromatic N) is 3. The zero-order valence-electron chi connectivity index (χ0n) is 15.4. The predicted octanol–water partition coefficient (Wildman–Crippen LogP) is 4.18. The van der Waals surface area contributed by atoms with Gasteiger partial charge in [0.2, 0.25) is 0 Å². The number of para-hydroxylation sites is 1. The van der Waals surface area contributed by atoms with Gasteiger partial charge in [-0.05, 0) is 52.8 Å². The standard InChI is InChI=1S/C20H24N4O/c1-6-23-13(2)12-18(15(23)4)20(25)21-19-14(3)22-24(16(19)5)17-10-8-7-9-11-17/h7-12H,6H2,1-5H3,(H,21,25). The number of benzene rings is 1. The van der Waals surface area contributed by atoms with Crippen LogP contribution in [0.2, 0.25) is 0 Å². The minimum Gasteiger partial charge on any atom is -0.349 e. The molecule has 5 nitrogen and oxygen atoms in total. The monoisotopic (exact) mass is 336 g/mol. The minimum absolute atomic E-state index is 0.0911. The third kappa shape index (κ3) is 2.97. The molecule has 0 saturated heterocycles. The molecule has 1 amide bonds. The lowest BCUT2D eigenvalue weighted by atomic mass is 10.2. The van der Waals surface area contributed by atoms with Crippen molar-refractivity contribution in [2.75, 3.05) is 5.32 Å². The normalized spacial score (nSPS) is 10.9. The van der Waals surface area contributed by atoms with Crippen LogP contribution in [0.25, 0.3) is 5.69 Å².